The summed E-state index contributed by atoms with van der Waals surface area (Å²) < 4.78 is 45.3. The highest BCUT2D eigenvalue weighted by Gasteiger charge is 2.31. The Morgan fingerprint density at radius 1 is 1.40 bits per heavy atom. The van der Waals surface area contributed by atoms with Crippen molar-refractivity contribution in [3.05, 3.63) is 41.5 Å². The molecule has 1 atom stereocenters. The van der Waals surface area contributed by atoms with Gasteiger partial charge in [-0.05, 0) is 24.1 Å². The molecular weight excluding hydrogens is 437 g/mol. The van der Waals surface area contributed by atoms with Gasteiger partial charge in [-0.3, -0.25) is 5.32 Å². The summed E-state index contributed by atoms with van der Waals surface area (Å²) in [6.45, 7) is 0.169. The van der Waals surface area contributed by atoms with Gasteiger partial charge in [-0.25, -0.2) is 27.4 Å². The molecule has 0 aliphatic carbocycles. The molecule has 30 heavy (non-hydrogen) atoms. The van der Waals surface area contributed by atoms with Gasteiger partial charge in [-0.1, -0.05) is 12.1 Å². The molecule has 0 saturated carbocycles. The minimum absolute atomic E-state index is 0.0125. The van der Waals surface area contributed by atoms with Crippen molar-refractivity contribution in [1.82, 2.24) is 19.6 Å². The number of hydrogen-bond acceptors (Lipinski definition) is 8. The summed E-state index contributed by atoms with van der Waals surface area (Å²) in [6, 6.07) is 5.34. The number of carbonyl (C=O) groups excluding carboxylic acids is 2. The van der Waals surface area contributed by atoms with Crippen molar-refractivity contribution in [2.24, 2.45) is 0 Å². The molecule has 1 aromatic carbocycles. The zero-order chi connectivity index (χ0) is 21.7. The van der Waals surface area contributed by atoms with Crippen LogP contribution in [0.3, 0.4) is 0 Å². The molecule has 162 valence electrons. The standard InChI is InChI=1S/C17H20FN5O5S2/c1-23(17(25)28-13-5-6-30(26,27)10-13)9-14-20-16(29-22-14)21-15(24)19-8-11-3-2-4-12(18)7-11/h2-4,7,13H,5-6,8-10H2,1H3,(H2,19,20,21,22,24). The van der Waals surface area contributed by atoms with E-state index in [1.165, 1.54) is 24.1 Å². The van der Waals surface area contributed by atoms with Crippen LogP contribution in [0.5, 0.6) is 0 Å². The zero-order valence-corrected chi connectivity index (χ0v) is 17.6. The summed E-state index contributed by atoms with van der Waals surface area (Å²) in [4.78, 5) is 29.4. The Morgan fingerprint density at radius 2 is 2.20 bits per heavy atom. The Bertz CT molecular complexity index is 1030. The smallest absolute Gasteiger partial charge is 0.410 e. The maximum Gasteiger partial charge on any atom is 0.410 e. The molecule has 1 unspecified atom stereocenters. The third kappa shape index (κ3) is 6.35. The number of amides is 3. The van der Waals surface area contributed by atoms with E-state index in [2.05, 4.69) is 20.0 Å². The van der Waals surface area contributed by atoms with Crippen molar-refractivity contribution in [3.63, 3.8) is 0 Å². The van der Waals surface area contributed by atoms with Gasteiger partial charge in [-0.2, -0.15) is 4.37 Å². The van der Waals surface area contributed by atoms with Crippen molar-refractivity contribution in [3.8, 4) is 0 Å². The van der Waals surface area contributed by atoms with Crippen LogP contribution in [0.2, 0.25) is 0 Å². The van der Waals surface area contributed by atoms with Crippen LogP contribution >= 0.6 is 11.5 Å². The maximum absolute atomic E-state index is 13.1. The lowest BCUT2D eigenvalue weighted by Gasteiger charge is -2.18. The van der Waals surface area contributed by atoms with E-state index >= 15 is 0 Å². The summed E-state index contributed by atoms with van der Waals surface area (Å²) in [7, 11) is -1.66. The van der Waals surface area contributed by atoms with Crippen molar-refractivity contribution >= 4 is 38.6 Å². The Hall–Kier alpha value is -2.80. The van der Waals surface area contributed by atoms with Crippen LogP contribution < -0.4 is 10.6 Å². The van der Waals surface area contributed by atoms with Crippen LogP contribution in [0, 0.1) is 5.82 Å². The number of nitrogens with one attached hydrogen (secondary N) is 2. The lowest BCUT2D eigenvalue weighted by molar-refractivity contribution is 0.0772. The van der Waals surface area contributed by atoms with Gasteiger partial charge < -0.3 is 15.0 Å². The van der Waals surface area contributed by atoms with Gasteiger partial charge in [-0.15, -0.1) is 0 Å². The Labute approximate surface area is 176 Å². The number of carbonyl (C=O) groups is 2. The van der Waals surface area contributed by atoms with E-state index in [0.717, 1.165) is 11.5 Å². The Morgan fingerprint density at radius 3 is 2.90 bits per heavy atom. The number of anilines is 1. The fourth-order valence-corrected chi connectivity index (χ4v) is 4.87. The number of nitrogens with zero attached hydrogens (tertiary/aromatic N) is 3. The number of urea groups is 1. The largest absolute Gasteiger partial charge is 0.445 e. The Kier molecular flexibility index (Phi) is 6.82. The first-order valence-electron chi connectivity index (χ1n) is 8.94. The first kappa shape index (κ1) is 21.9. The van der Waals surface area contributed by atoms with E-state index in [9.17, 15) is 22.4 Å². The fraction of sp³-hybridized carbons (Fsp3) is 0.412. The van der Waals surface area contributed by atoms with Gasteiger partial charge in [0.25, 0.3) is 0 Å². The molecular formula is C17H20FN5O5S2. The van der Waals surface area contributed by atoms with E-state index in [1.54, 1.807) is 12.1 Å². The highest BCUT2D eigenvalue weighted by atomic mass is 32.2. The second-order valence-electron chi connectivity index (χ2n) is 6.72. The molecule has 13 heteroatoms. The molecule has 1 aliphatic heterocycles. The number of benzene rings is 1. The quantitative estimate of drug-likeness (QED) is 0.676. The van der Waals surface area contributed by atoms with Gasteiger partial charge in [0.15, 0.2) is 15.7 Å². The van der Waals surface area contributed by atoms with Gasteiger partial charge in [0.2, 0.25) is 5.13 Å². The summed E-state index contributed by atoms with van der Waals surface area (Å²) in [5.41, 5.74) is 0.610. The van der Waals surface area contributed by atoms with Gasteiger partial charge in [0.1, 0.15) is 11.9 Å². The maximum atomic E-state index is 13.1. The Balaban J connectivity index is 1.44. The summed E-state index contributed by atoms with van der Waals surface area (Å²) in [6.07, 6.45) is -1.03. The fourth-order valence-electron chi connectivity index (χ4n) is 2.70. The predicted molar refractivity (Wildman–Crippen MR) is 107 cm³/mol. The highest BCUT2D eigenvalue weighted by Crippen LogP contribution is 2.17. The highest BCUT2D eigenvalue weighted by molar-refractivity contribution is 7.91. The van der Waals surface area contributed by atoms with E-state index in [-0.39, 0.29) is 42.0 Å². The topological polar surface area (TPSA) is 131 Å². The van der Waals surface area contributed by atoms with Crippen LogP contribution in [-0.4, -0.2) is 59.5 Å². The molecule has 1 aliphatic rings. The third-order valence-corrected chi connectivity index (χ3v) is 6.58. The minimum atomic E-state index is -3.14. The molecule has 3 amide bonds. The lowest BCUT2D eigenvalue weighted by atomic mass is 10.2. The first-order valence-corrected chi connectivity index (χ1v) is 11.5. The molecule has 2 aromatic rings. The van der Waals surface area contributed by atoms with Crippen LogP contribution in [0.25, 0.3) is 0 Å². The molecule has 0 bridgehead atoms. The molecule has 10 nitrogen and oxygen atoms in total. The normalized spacial score (nSPS) is 17.3. The third-order valence-electron chi connectivity index (χ3n) is 4.18. The first-order chi connectivity index (χ1) is 14.2. The number of rotatable bonds is 6. The number of aromatic nitrogens is 2. The molecule has 1 fully saturated rings. The van der Waals surface area contributed by atoms with Crippen molar-refractivity contribution < 1.29 is 27.1 Å². The van der Waals surface area contributed by atoms with Gasteiger partial charge >= 0.3 is 12.1 Å². The van der Waals surface area contributed by atoms with Crippen LogP contribution in [-0.2, 0) is 27.7 Å². The van der Waals surface area contributed by atoms with Crippen LogP contribution in [0.15, 0.2) is 24.3 Å². The number of hydrogen-bond donors (Lipinski definition) is 2. The van der Waals surface area contributed by atoms with Crippen LogP contribution in [0.1, 0.15) is 17.8 Å². The zero-order valence-electron chi connectivity index (χ0n) is 16.0. The van der Waals surface area contributed by atoms with Crippen LogP contribution in [0.4, 0.5) is 19.1 Å². The average molecular weight is 458 g/mol. The molecule has 2 N–H and O–H groups in total. The number of halogens is 1. The predicted octanol–water partition coefficient (Wildman–Crippen LogP) is 1.75. The molecule has 0 radical (unpaired) electrons. The van der Waals surface area contributed by atoms with Crippen molar-refractivity contribution in [1.29, 1.82) is 0 Å². The molecule has 1 saturated heterocycles. The summed E-state index contributed by atoms with van der Waals surface area (Å²) in [5, 5.41) is 5.32. The van der Waals surface area contributed by atoms with Gasteiger partial charge in [0, 0.05) is 25.1 Å². The van der Waals surface area contributed by atoms with Crippen molar-refractivity contribution in [2.45, 2.75) is 25.6 Å². The monoisotopic (exact) mass is 457 g/mol. The minimum Gasteiger partial charge on any atom is -0.445 e. The second kappa shape index (κ2) is 9.34. The molecule has 0 spiro atoms. The molecule has 1 aromatic heterocycles. The van der Waals surface area contributed by atoms with Crippen molar-refractivity contribution in [2.75, 3.05) is 23.9 Å². The van der Waals surface area contributed by atoms with E-state index in [1.807, 2.05) is 0 Å². The number of ether oxygens (including phenoxy) is 1. The van der Waals surface area contributed by atoms with E-state index in [4.69, 9.17) is 4.74 Å². The SMILES string of the molecule is CN(Cc1nsc(NC(=O)NCc2cccc(F)c2)n1)C(=O)OC1CCS(=O)(=O)C1. The van der Waals surface area contributed by atoms with E-state index in [0.29, 0.717) is 11.4 Å². The second-order valence-corrected chi connectivity index (χ2v) is 9.70. The molecule has 2 heterocycles. The van der Waals surface area contributed by atoms with E-state index < -0.39 is 28.1 Å². The summed E-state index contributed by atoms with van der Waals surface area (Å²) in [5.74, 6) is -0.251. The van der Waals surface area contributed by atoms with Gasteiger partial charge in [0.05, 0.1) is 18.1 Å². The summed E-state index contributed by atoms with van der Waals surface area (Å²) >= 11 is 0.937. The molecule has 3 rings (SSSR count). The number of sulfone groups is 1. The lowest BCUT2D eigenvalue weighted by Crippen LogP contribution is -2.31. The average Bonchev–Trinajstić information content (AvgIpc) is 3.25.